The molecule has 3 rings (SSSR count). The summed E-state index contributed by atoms with van der Waals surface area (Å²) >= 11 is 0. The van der Waals surface area contributed by atoms with Crippen molar-refractivity contribution in [3.63, 3.8) is 0 Å². The SMILES string of the molecule is C=C1/C(=C\C=C2/CCC[C@]3(C)C([C@H](C)CC#CC(C)(C)O)=CCC23)C[C@@H](O)C[C@@H]1O. The summed E-state index contributed by atoms with van der Waals surface area (Å²) in [6.07, 6.45) is 11.9. The smallest absolute Gasteiger partial charge is 0.119 e. The molecule has 3 N–H and O–H groups in total. The lowest BCUT2D eigenvalue weighted by Gasteiger charge is -2.42. The Balaban J connectivity index is 1.76. The highest BCUT2D eigenvalue weighted by atomic mass is 16.3. The van der Waals surface area contributed by atoms with Crippen LogP contribution in [0.5, 0.6) is 0 Å². The number of fused-ring (bicyclic) bond motifs is 1. The highest BCUT2D eigenvalue weighted by Crippen LogP contribution is 2.56. The van der Waals surface area contributed by atoms with Crippen molar-refractivity contribution in [1.82, 2.24) is 0 Å². The molecular weight excluding hydrogens is 372 g/mol. The molecule has 5 atom stereocenters. The quantitative estimate of drug-likeness (QED) is 0.460. The van der Waals surface area contributed by atoms with Crippen LogP contribution >= 0.6 is 0 Å². The molecule has 3 heteroatoms. The van der Waals surface area contributed by atoms with Gasteiger partial charge in [-0.25, -0.2) is 0 Å². The Morgan fingerprint density at radius 3 is 2.77 bits per heavy atom. The molecule has 0 saturated heterocycles. The van der Waals surface area contributed by atoms with E-state index in [0.717, 1.165) is 30.4 Å². The molecule has 3 aliphatic carbocycles. The zero-order valence-corrected chi connectivity index (χ0v) is 19.0. The van der Waals surface area contributed by atoms with Crippen LogP contribution in [0, 0.1) is 29.1 Å². The van der Waals surface area contributed by atoms with Crippen molar-refractivity contribution in [3.8, 4) is 11.8 Å². The van der Waals surface area contributed by atoms with Crippen molar-refractivity contribution in [2.75, 3.05) is 0 Å². The second-order valence-electron chi connectivity index (χ2n) is 10.3. The van der Waals surface area contributed by atoms with E-state index >= 15 is 0 Å². The first kappa shape index (κ1) is 23.1. The number of hydrogen-bond acceptors (Lipinski definition) is 3. The summed E-state index contributed by atoms with van der Waals surface area (Å²) in [4.78, 5) is 0. The monoisotopic (exact) mass is 410 g/mol. The van der Waals surface area contributed by atoms with E-state index in [1.807, 2.05) is 0 Å². The summed E-state index contributed by atoms with van der Waals surface area (Å²) in [6, 6.07) is 0. The first-order valence-electron chi connectivity index (χ1n) is 11.4. The van der Waals surface area contributed by atoms with Crippen LogP contribution in [0.15, 0.2) is 47.1 Å². The lowest BCUT2D eigenvalue weighted by atomic mass is 9.62. The standard InChI is InChI=1S/C27H38O3/c1-18(8-6-14-26(3,4)30)23-12-13-24-20(9-7-15-27(23,24)5)10-11-21-16-22(28)17-25(29)19(21)2/h10-12,18,22,24-25,28-30H,2,7-9,13,15-17H2,1,3-5H3/b20-10+,21-11-/t18-,22-,24?,25+,27-/m1/s1. The Bertz CT molecular complexity index is 826. The fourth-order valence-corrected chi connectivity index (χ4v) is 5.61. The minimum atomic E-state index is -0.936. The minimum absolute atomic E-state index is 0.168. The second kappa shape index (κ2) is 8.87. The van der Waals surface area contributed by atoms with Crippen LogP contribution in [-0.2, 0) is 0 Å². The van der Waals surface area contributed by atoms with Gasteiger partial charge < -0.3 is 15.3 Å². The molecule has 30 heavy (non-hydrogen) atoms. The second-order valence-corrected chi connectivity index (χ2v) is 10.3. The van der Waals surface area contributed by atoms with Gasteiger partial charge in [0.1, 0.15) is 5.60 Å². The number of aliphatic hydroxyl groups is 3. The van der Waals surface area contributed by atoms with E-state index < -0.39 is 17.8 Å². The summed E-state index contributed by atoms with van der Waals surface area (Å²) in [6.45, 7) is 12.1. The molecule has 2 saturated carbocycles. The molecule has 0 heterocycles. The van der Waals surface area contributed by atoms with Crippen molar-refractivity contribution in [3.05, 3.63) is 47.1 Å². The molecular formula is C27H38O3. The third kappa shape index (κ3) is 4.99. The molecule has 0 aromatic heterocycles. The Morgan fingerprint density at radius 1 is 1.33 bits per heavy atom. The highest BCUT2D eigenvalue weighted by molar-refractivity contribution is 5.40. The fraction of sp³-hybridized carbons (Fsp3) is 0.630. The van der Waals surface area contributed by atoms with Gasteiger partial charge in [0, 0.05) is 12.8 Å². The Hall–Kier alpha value is -1.60. The van der Waals surface area contributed by atoms with Crippen molar-refractivity contribution < 1.29 is 15.3 Å². The van der Waals surface area contributed by atoms with Crippen LogP contribution in [-0.4, -0.2) is 33.1 Å². The normalized spacial score (nSPS) is 35.6. The van der Waals surface area contributed by atoms with Gasteiger partial charge in [0.05, 0.1) is 12.2 Å². The molecule has 1 unspecified atom stereocenters. The van der Waals surface area contributed by atoms with Crippen LogP contribution in [0.25, 0.3) is 0 Å². The third-order valence-electron chi connectivity index (χ3n) is 7.21. The maximum atomic E-state index is 10.1. The largest absolute Gasteiger partial charge is 0.393 e. The van der Waals surface area contributed by atoms with Gasteiger partial charge in [-0.1, -0.05) is 61.6 Å². The van der Waals surface area contributed by atoms with Crippen molar-refractivity contribution in [1.29, 1.82) is 0 Å². The number of hydrogen-bond donors (Lipinski definition) is 3. The molecule has 0 aliphatic heterocycles. The fourth-order valence-electron chi connectivity index (χ4n) is 5.61. The molecule has 164 valence electrons. The summed E-state index contributed by atoms with van der Waals surface area (Å²) in [5.74, 6) is 7.03. The van der Waals surface area contributed by atoms with Crippen LogP contribution in [0.1, 0.15) is 72.6 Å². The lowest BCUT2D eigenvalue weighted by Crippen LogP contribution is -2.32. The number of allylic oxidation sites excluding steroid dienone is 5. The molecule has 3 nitrogen and oxygen atoms in total. The van der Waals surface area contributed by atoms with E-state index in [-0.39, 0.29) is 5.41 Å². The van der Waals surface area contributed by atoms with Crippen molar-refractivity contribution in [2.45, 2.75) is 90.4 Å². The van der Waals surface area contributed by atoms with E-state index in [4.69, 9.17) is 0 Å². The average Bonchev–Trinajstić information content (AvgIpc) is 3.00. The summed E-state index contributed by atoms with van der Waals surface area (Å²) in [5.41, 5.74) is 3.95. The molecule has 2 fully saturated rings. The lowest BCUT2D eigenvalue weighted by molar-refractivity contribution is 0.0862. The topological polar surface area (TPSA) is 60.7 Å². The maximum Gasteiger partial charge on any atom is 0.119 e. The van der Waals surface area contributed by atoms with Gasteiger partial charge in [-0.15, -0.1) is 0 Å². The number of aliphatic hydroxyl groups excluding tert-OH is 2. The molecule has 0 bridgehead atoms. The van der Waals surface area contributed by atoms with Crippen molar-refractivity contribution in [2.24, 2.45) is 17.3 Å². The van der Waals surface area contributed by atoms with Gasteiger partial charge in [-0.2, -0.15) is 0 Å². The van der Waals surface area contributed by atoms with Gasteiger partial charge in [0.2, 0.25) is 0 Å². The summed E-state index contributed by atoms with van der Waals surface area (Å²) in [7, 11) is 0. The third-order valence-corrected chi connectivity index (χ3v) is 7.21. The zero-order valence-electron chi connectivity index (χ0n) is 19.0. The van der Waals surface area contributed by atoms with Gasteiger partial charge in [0.15, 0.2) is 0 Å². The predicted octanol–water partition coefficient (Wildman–Crippen LogP) is 4.85. The minimum Gasteiger partial charge on any atom is -0.393 e. The summed E-state index contributed by atoms with van der Waals surface area (Å²) in [5, 5.41) is 30.0. The molecule has 0 spiro atoms. The van der Waals surface area contributed by atoms with Crippen LogP contribution in [0.2, 0.25) is 0 Å². The molecule has 3 aliphatic rings. The Kier molecular flexibility index (Phi) is 6.82. The maximum absolute atomic E-state index is 10.1. The molecule has 0 aromatic rings. The van der Waals surface area contributed by atoms with E-state index in [9.17, 15) is 15.3 Å². The molecule has 0 aromatic carbocycles. The van der Waals surface area contributed by atoms with Gasteiger partial charge in [-0.3, -0.25) is 0 Å². The summed E-state index contributed by atoms with van der Waals surface area (Å²) < 4.78 is 0. The van der Waals surface area contributed by atoms with Gasteiger partial charge in [0.25, 0.3) is 0 Å². The predicted molar refractivity (Wildman–Crippen MR) is 123 cm³/mol. The van der Waals surface area contributed by atoms with E-state index in [0.29, 0.717) is 24.7 Å². The van der Waals surface area contributed by atoms with Crippen LogP contribution < -0.4 is 0 Å². The van der Waals surface area contributed by atoms with Gasteiger partial charge >= 0.3 is 0 Å². The van der Waals surface area contributed by atoms with E-state index in [1.54, 1.807) is 13.8 Å². The zero-order chi connectivity index (χ0) is 22.1. The van der Waals surface area contributed by atoms with Crippen LogP contribution in [0.4, 0.5) is 0 Å². The highest BCUT2D eigenvalue weighted by Gasteiger charge is 2.45. The van der Waals surface area contributed by atoms with Gasteiger partial charge in [-0.05, 0) is 74.3 Å². The van der Waals surface area contributed by atoms with E-state index in [2.05, 4.69) is 50.5 Å². The first-order valence-corrected chi connectivity index (χ1v) is 11.4. The molecule has 0 radical (unpaired) electrons. The van der Waals surface area contributed by atoms with Crippen molar-refractivity contribution >= 4 is 0 Å². The average molecular weight is 411 g/mol. The Labute approximate surface area is 182 Å². The van der Waals surface area contributed by atoms with Crippen LogP contribution in [0.3, 0.4) is 0 Å². The molecule has 0 amide bonds. The first-order chi connectivity index (χ1) is 14.0. The number of rotatable bonds is 3. The Morgan fingerprint density at radius 2 is 2.07 bits per heavy atom. The van der Waals surface area contributed by atoms with E-state index in [1.165, 1.54) is 24.0 Å².